The smallest absolute Gasteiger partial charge is 0.335 e. The molecule has 0 heterocycles. The molecule has 1 aromatic carbocycles. The van der Waals surface area contributed by atoms with E-state index in [1.807, 2.05) is 0 Å². The number of phenolic OH excluding ortho intramolecular Hbond substituents is 1. The fraction of sp³-hybridized carbons (Fsp3) is 0.417. The van der Waals surface area contributed by atoms with E-state index in [2.05, 4.69) is 0 Å². The third kappa shape index (κ3) is 4.35. The molecule has 0 amide bonds. The Hall–Kier alpha value is -1.36. The summed E-state index contributed by atoms with van der Waals surface area (Å²) >= 11 is 0. The number of carboxylic acid groups (broad SMARTS) is 1. The largest absolute Gasteiger partial charge is 0.508 e. The molecule has 6 nitrogen and oxygen atoms in total. The number of rotatable bonds is 7. The first-order chi connectivity index (χ1) is 8.91. The lowest BCUT2D eigenvalue weighted by Gasteiger charge is -2.17. The van der Waals surface area contributed by atoms with Crippen molar-refractivity contribution in [2.24, 2.45) is 0 Å². The SMILES string of the molecule is CCOP(=O)(Cc1ccc(C(=O)O)cc1O)OCC. The number of hydrogen-bond acceptors (Lipinski definition) is 5. The Bertz CT molecular complexity index is 489. The van der Waals surface area contributed by atoms with Crippen LogP contribution in [-0.2, 0) is 19.8 Å². The average Bonchev–Trinajstić information content (AvgIpc) is 2.32. The van der Waals surface area contributed by atoms with Gasteiger partial charge >= 0.3 is 13.6 Å². The van der Waals surface area contributed by atoms with Gasteiger partial charge in [0.1, 0.15) is 5.75 Å². The van der Waals surface area contributed by atoms with Gasteiger partial charge in [0.2, 0.25) is 0 Å². The molecule has 106 valence electrons. The molecular weight excluding hydrogens is 271 g/mol. The molecule has 0 unspecified atom stereocenters. The van der Waals surface area contributed by atoms with E-state index in [0.717, 1.165) is 6.07 Å². The second kappa shape index (κ2) is 6.70. The molecule has 0 aliphatic carbocycles. The van der Waals surface area contributed by atoms with Crippen LogP contribution in [0.1, 0.15) is 29.8 Å². The van der Waals surface area contributed by atoms with Crippen LogP contribution in [0.15, 0.2) is 18.2 Å². The Morgan fingerprint density at radius 2 is 1.84 bits per heavy atom. The van der Waals surface area contributed by atoms with Gasteiger partial charge in [0.05, 0.1) is 24.9 Å². The summed E-state index contributed by atoms with van der Waals surface area (Å²) in [5.41, 5.74) is 0.291. The maximum Gasteiger partial charge on any atom is 0.335 e. The number of phenols is 1. The van der Waals surface area contributed by atoms with E-state index in [0.29, 0.717) is 5.56 Å². The molecule has 1 rings (SSSR count). The molecule has 0 aromatic heterocycles. The lowest BCUT2D eigenvalue weighted by Crippen LogP contribution is -2.01. The van der Waals surface area contributed by atoms with E-state index < -0.39 is 13.6 Å². The zero-order valence-electron chi connectivity index (χ0n) is 10.8. The highest BCUT2D eigenvalue weighted by atomic mass is 31.2. The maximum absolute atomic E-state index is 12.3. The van der Waals surface area contributed by atoms with E-state index >= 15 is 0 Å². The third-order valence-corrected chi connectivity index (χ3v) is 4.38. The highest BCUT2D eigenvalue weighted by Crippen LogP contribution is 2.52. The fourth-order valence-corrected chi connectivity index (χ4v) is 3.29. The zero-order valence-corrected chi connectivity index (χ0v) is 11.7. The Morgan fingerprint density at radius 3 is 2.26 bits per heavy atom. The summed E-state index contributed by atoms with van der Waals surface area (Å²) in [6, 6.07) is 3.85. The van der Waals surface area contributed by atoms with Gasteiger partial charge in [-0.25, -0.2) is 4.79 Å². The third-order valence-electron chi connectivity index (χ3n) is 2.35. The van der Waals surface area contributed by atoms with Gasteiger partial charge < -0.3 is 19.3 Å². The van der Waals surface area contributed by atoms with Gasteiger partial charge in [0.15, 0.2) is 0 Å². The molecular formula is C12H17O6P. The number of aromatic hydroxyl groups is 1. The van der Waals surface area contributed by atoms with Gasteiger partial charge in [0.25, 0.3) is 0 Å². The van der Waals surface area contributed by atoms with E-state index in [1.54, 1.807) is 13.8 Å². The predicted molar refractivity (Wildman–Crippen MR) is 69.6 cm³/mol. The molecule has 0 atom stereocenters. The van der Waals surface area contributed by atoms with Crippen molar-refractivity contribution in [2.75, 3.05) is 13.2 Å². The molecule has 0 spiro atoms. The number of hydrogen-bond donors (Lipinski definition) is 2. The van der Waals surface area contributed by atoms with Crippen molar-refractivity contribution in [3.05, 3.63) is 29.3 Å². The summed E-state index contributed by atoms with van der Waals surface area (Å²) in [6.07, 6.45) is -0.0968. The standard InChI is InChI=1S/C12H17O6P/c1-3-17-19(16,18-4-2)8-10-6-5-9(12(14)15)7-11(10)13/h5-7,13H,3-4,8H2,1-2H3,(H,14,15). The first-order valence-electron chi connectivity index (χ1n) is 5.85. The second-order valence-electron chi connectivity index (χ2n) is 3.75. The minimum Gasteiger partial charge on any atom is -0.508 e. The van der Waals surface area contributed by atoms with E-state index in [9.17, 15) is 14.5 Å². The molecule has 0 bridgehead atoms. The van der Waals surface area contributed by atoms with Crippen molar-refractivity contribution in [1.82, 2.24) is 0 Å². The fourth-order valence-electron chi connectivity index (χ4n) is 1.56. The first kappa shape index (κ1) is 15.7. The second-order valence-corrected chi connectivity index (χ2v) is 5.81. The normalized spacial score (nSPS) is 11.5. The Morgan fingerprint density at radius 1 is 1.26 bits per heavy atom. The maximum atomic E-state index is 12.3. The minimum absolute atomic E-state index is 0.0381. The molecule has 0 aliphatic rings. The van der Waals surface area contributed by atoms with Gasteiger partial charge in [-0.2, -0.15) is 0 Å². The lowest BCUT2D eigenvalue weighted by molar-refractivity contribution is 0.0696. The molecule has 0 aliphatic heterocycles. The molecule has 0 fully saturated rings. The molecule has 2 N–H and O–H groups in total. The summed E-state index contributed by atoms with van der Waals surface area (Å²) in [4.78, 5) is 10.7. The van der Waals surface area contributed by atoms with Crippen molar-refractivity contribution in [2.45, 2.75) is 20.0 Å². The zero-order chi connectivity index (χ0) is 14.5. The van der Waals surface area contributed by atoms with Crippen LogP contribution in [0.5, 0.6) is 5.75 Å². The van der Waals surface area contributed by atoms with E-state index in [4.69, 9.17) is 14.2 Å². The van der Waals surface area contributed by atoms with Crippen LogP contribution < -0.4 is 0 Å². The first-order valence-corrected chi connectivity index (χ1v) is 7.58. The van der Waals surface area contributed by atoms with Crippen LogP contribution in [0.4, 0.5) is 0 Å². The van der Waals surface area contributed by atoms with Gasteiger partial charge in [-0.3, -0.25) is 4.57 Å². The van der Waals surface area contributed by atoms with Crippen molar-refractivity contribution >= 4 is 13.6 Å². The minimum atomic E-state index is -3.31. The van der Waals surface area contributed by atoms with Crippen molar-refractivity contribution in [1.29, 1.82) is 0 Å². The topological polar surface area (TPSA) is 93.1 Å². The molecule has 0 radical (unpaired) electrons. The van der Waals surface area contributed by atoms with E-state index in [1.165, 1.54) is 12.1 Å². The van der Waals surface area contributed by atoms with Crippen LogP contribution in [-0.4, -0.2) is 29.4 Å². The van der Waals surface area contributed by atoms with Crippen LogP contribution in [0.25, 0.3) is 0 Å². The summed E-state index contributed by atoms with van der Waals surface area (Å²) in [7, 11) is -3.31. The number of aromatic carboxylic acids is 1. The Labute approximate surface area is 111 Å². The van der Waals surface area contributed by atoms with Crippen molar-refractivity contribution in [3.8, 4) is 5.75 Å². The Balaban J connectivity index is 2.97. The number of carboxylic acids is 1. The lowest BCUT2D eigenvalue weighted by atomic mass is 10.1. The van der Waals surface area contributed by atoms with Gasteiger partial charge in [-0.15, -0.1) is 0 Å². The van der Waals surface area contributed by atoms with Gasteiger partial charge in [-0.1, -0.05) is 6.07 Å². The number of benzene rings is 1. The highest BCUT2D eigenvalue weighted by molar-refractivity contribution is 7.53. The molecule has 7 heteroatoms. The summed E-state index contributed by atoms with van der Waals surface area (Å²) in [5, 5.41) is 18.5. The van der Waals surface area contributed by atoms with Gasteiger partial charge in [0, 0.05) is 5.56 Å². The van der Waals surface area contributed by atoms with Crippen LogP contribution in [0, 0.1) is 0 Å². The van der Waals surface area contributed by atoms with Gasteiger partial charge in [-0.05, 0) is 26.0 Å². The van der Waals surface area contributed by atoms with E-state index in [-0.39, 0.29) is 30.7 Å². The summed E-state index contributed by atoms with van der Waals surface area (Å²) < 4.78 is 22.5. The predicted octanol–water partition coefficient (Wildman–Crippen LogP) is 2.86. The van der Waals surface area contributed by atoms with Crippen LogP contribution in [0.3, 0.4) is 0 Å². The van der Waals surface area contributed by atoms with Crippen molar-refractivity contribution in [3.63, 3.8) is 0 Å². The quantitative estimate of drug-likeness (QED) is 0.749. The Kier molecular flexibility index (Phi) is 5.54. The summed E-state index contributed by atoms with van der Waals surface area (Å²) in [5.74, 6) is -1.38. The average molecular weight is 288 g/mol. The van der Waals surface area contributed by atoms with Crippen LogP contribution in [0.2, 0.25) is 0 Å². The number of carbonyl (C=O) groups is 1. The molecule has 19 heavy (non-hydrogen) atoms. The summed E-state index contributed by atoms with van der Waals surface area (Å²) in [6.45, 7) is 3.84. The van der Waals surface area contributed by atoms with Crippen LogP contribution >= 0.6 is 7.60 Å². The highest BCUT2D eigenvalue weighted by Gasteiger charge is 2.25. The molecule has 0 saturated heterocycles. The molecule has 1 aromatic rings. The monoisotopic (exact) mass is 288 g/mol. The van der Waals surface area contributed by atoms with Crippen molar-refractivity contribution < 1.29 is 28.6 Å². The molecule has 0 saturated carbocycles.